The molecule has 116 valence electrons. The van der Waals surface area contributed by atoms with Crippen LogP contribution < -0.4 is 0 Å². The molecule has 0 heterocycles. The summed E-state index contributed by atoms with van der Waals surface area (Å²) in [5, 5.41) is 0. The molecule has 2 rings (SSSR count). The summed E-state index contributed by atoms with van der Waals surface area (Å²) in [6.45, 7) is 3.98. The molecule has 22 heavy (non-hydrogen) atoms. The van der Waals surface area contributed by atoms with E-state index in [4.69, 9.17) is 0 Å². The topological polar surface area (TPSA) is 17.1 Å². The molecule has 0 aliphatic carbocycles. The molecule has 0 bridgehead atoms. The second kappa shape index (κ2) is 6.34. The lowest BCUT2D eigenvalue weighted by molar-refractivity contribution is -0.137. The van der Waals surface area contributed by atoms with Gasteiger partial charge in [-0.05, 0) is 49.1 Å². The zero-order valence-electron chi connectivity index (χ0n) is 12.5. The molecule has 0 saturated carbocycles. The van der Waals surface area contributed by atoms with Crippen LogP contribution in [-0.4, -0.2) is 5.78 Å². The number of carbonyl (C=O) groups is 1. The molecule has 0 saturated heterocycles. The maximum Gasteiger partial charge on any atom is 0.416 e. The first kappa shape index (κ1) is 16.3. The quantitative estimate of drug-likeness (QED) is 0.715. The van der Waals surface area contributed by atoms with E-state index in [0.29, 0.717) is 6.42 Å². The number of hydrogen-bond acceptors (Lipinski definition) is 1. The van der Waals surface area contributed by atoms with Crippen molar-refractivity contribution >= 4 is 5.78 Å². The highest BCUT2D eigenvalue weighted by molar-refractivity contribution is 5.96. The molecule has 2 aromatic rings. The molecule has 0 aliphatic rings. The second-order valence-electron chi connectivity index (χ2n) is 5.36. The van der Waals surface area contributed by atoms with Gasteiger partial charge in [0.05, 0.1) is 5.56 Å². The average molecular weight is 306 g/mol. The highest BCUT2D eigenvalue weighted by Gasteiger charge is 2.30. The van der Waals surface area contributed by atoms with Crippen LogP contribution in [0.15, 0.2) is 42.5 Å². The van der Waals surface area contributed by atoms with Gasteiger partial charge in [-0.3, -0.25) is 4.79 Å². The molecule has 0 spiro atoms. The van der Waals surface area contributed by atoms with Crippen molar-refractivity contribution in [1.82, 2.24) is 0 Å². The minimum Gasteiger partial charge on any atom is -0.294 e. The smallest absolute Gasteiger partial charge is 0.294 e. The summed E-state index contributed by atoms with van der Waals surface area (Å²) in [5.41, 5.74) is 2.65. The molecule has 4 heteroatoms. The highest BCUT2D eigenvalue weighted by Crippen LogP contribution is 2.29. The van der Waals surface area contributed by atoms with E-state index in [1.165, 1.54) is 12.1 Å². The Morgan fingerprint density at radius 1 is 1.05 bits per heavy atom. The van der Waals surface area contributed by atoms with Crippen molar-refractivity contribution < 1.29 is 18.0 Å². The lowest BCUT2D eigenvalue weighted by atomic mass is 9.96. The average Bonchev–Trinajstić information content (AvgIpc) is 2.48. The maximum absolute atomic E-state index is 12.7. The summed E-state index contributed by atoms with van der Waals surface area (Å²) in [6.07, 6.45) is -3.70. The molecule has 0 fully saturated rings. The van der Waals surface area contributed by atoms with Crippen molar-refractivity contribution in [2.45, 2.75) is 32.9 Å². The van der Waals surface area contributed by atoms with Gasteiger partial charge in [-0.1, -0.05) is 30.3 Å². The summed E-state index contributed by atoms with van der Waals surface area (Å²) >= 11 is 0. The number of rotatable bonds is 4. The maximum atomic E-state index is 12.7. The van der Waals surface area contributed by atoms with Crippen molar-refractivity contribution in [2.75, 3.05) is 0 Å². The van der Waals surface area contributed by atoms with Gasteiger partial charge in [0.1, 0.15) is 0 Å². The standard InChI is InChI=1S/C18H17F3O/c1-12-5-3-6-14(13(12)2)9-10-17(22)15-7-4-8-16(11-15)18(19,20)21/h3-8,11H,9-10H2,1-2H3. The first-order valence-electron chi connectivity index (χ1n) is 7.04. The molecule has 0 atom stereocenters. The van der Waals surface area contributed by atoms with Crippen LogP contribution >= 0.6 is 0 Å². The summed E-state index contributed by atoms with van der Waals surface area (Å²) in [6, 6.07) is 10.5. The van der Waals surface area contributed by atoms with Crippen LogP contribution in [0.3, 0.4) is 0 Å². The van der Waals surface area contributed by atoms with E-state index in [2.05, 4.69) is 0 Å². The fourth-order valence-electron chi connectivity index (χ4n) is 2.34. The monoisotopic (exact) mass is 306 g/mol. The summed E-state index contributed by atoms with van der Waals surface area (Å²) in [7, 11) is 0. The van der Waals surface area contributed by atoms with Gasteiger partial charge in [-0.15, -0.1) is 0 Å². The molecule has 2 aromatic carbocycles. The van der Waals surface area contributed by atoms with Crippen molar-refractivity contribution in [1.29, 1.82) is 0 Å². The van der Waals surface area contributed by atoms with Gasteiger partial charge in [-0.25, -0.2) is 0 Å². The van der Waals surface area contributed by atoms with Crippen molar-refractivity contribution in [2.24, 2.45) is 0 Å². The molecule has 0 N–H and O–H groups in total. The van der Waals surface area contributed by atoms with Gasteiger partial charge < -0.3 is 0 Å². The number of Topliss-reactive ketones (excluding diaryl/α,β-unsaturated/α-hetero) is 1. The fourth-order valence-corrected chi connectivity index (χ4v) is 2.34. The molecule has 1 nitrogen and oxygen atoms in total. The normalized spacial score (nSPS) is 11.5. The molecule has 0 aliphatic heterocycles. The Labute approximate surface area is 127 Å². The van der Waals surface area contributed by atoms with E-state index in [1.54, 1.807) is 0 Å². The largest absolute Gasteiger partial charge is 0.416 e. The van der Waals surface area contributed by atoms with Crippen LogP contribution in [0.1, 0.15) is 39.0 Å². The first-order valence-corrected chi connectivity index (χ1v) is 7.04. The third-order valence-corrected chi connectivity index (χ3v) is 3.85. The Bertz CT molecular complexity index is 687. The number of benzene rings is 2. The van der Waals surface area contributed by atoms with Gasteiger partial charge in [0.15, 0.2) is 5.78 Å². The van der Waals surface area contributed by atoms with E-state index < -0.39 is 11.7 Å². The minimum absolute atomic E-state index is 0.111. The Kier molecular flexibility index (Phi) is 4.69. The van der Waals surface area contributed by atoms with Gasteiger partial charge >= 0.3 is 6.18 Å². The third kappa shape index (κ3) is 3.75. The van der Waals surface area contributed by atoms with Gasteiger partial charge in [0, 0.05) is 12.0 Å². The third-order valence-electron chi connectivity index (χ3n) is 3.85. The molecule has 0 amide bonds. The van der Waals surface area contributed by atoms with E-state index in [1.807, 2.05) is 32.0 Å². The summed E-state index contributed by atoms with van der Waals surface area (Å²) in [5.74, 6) is -0.271. The Morgan fingerprint density at radius 2 is 1.73 bits per heavy atom. The number of hydrogen-bond donors (Lipinski definition) is 0. The molecular weight excluding hydrogens is 289 g/mol. The lowest BCUT2D eigenvalue weighted by Crippen LogP contribution is -2.08. The van der Waals surface area contributed by atoms with Crippen molar-refractivity contribution in [3.63, 3.8) is 0 Å². The SMILES string of the molecule is Cc1cccc(CCC(=O)c2cccc(C(F)(F)F)c2)c1C. The molecule has 0 radical (unpaired) electrons. The second-order valence-corrected chi connectivity index (χ2v) is 5.36. The zero-order valence-corrected chi connectivity index (χ0v) is 12.5. The summed E-state index contributed by atoms with van der Waals surface area (Å²) in [4.78, 5) is 12.1. The molecule has 0 unspecified atom stereocenters. The number of aryl methyl sites for hydroxylation is 2. The fraction of sp³-hybridized carbons (Fsp3) is 0.278. The highest BCUT2D eigenvalue weighted by atomic mass is 19.4. The van der Waals surface area contributed by atoms with E-state index in [9.17, 15) is 18.0 Å². The Balaban J connectivity index is 2.11. The lowest BCUT2D eigenvalue weighted by Gasteiger charge is -2.10. The van der Waals surface area contributed by atoms with E-state index >= 15 is 0 Å². The number of alkyl halides is 3. The van der Waals surface area contributed by atoms with E-state index in [0.717, 1.165) is 28.8 Å². The molecular formula is C18H17F3O. The van der Waals surface area contributed by atoms with Crippen LogP contribution in [0.4, 0.5) is 13.2 Å². The van der Waals surface area contributed by atoms with Crippen LogP contribution in [0.5, 0.6) is 0 Å². The molecule has 0 aromatic heterocycles. The Hall–Kier alpha value is -2.10. The van der Waals surface area contributed by atoms with Gasteiger partial charge in [0.2, 0.25) is 0 Å². The summed E-state index contributed by atoms with van der Waals surface area (Å²) < 4.78 is 38.0. The van der Waals surface area contributed by atoms with Crippen LogP contribution in [0.25, 0.3) is 0 Å². The van der Waals surface area contributed by atoms with Gasteiger partial charge in [-0.2, -0.15) is 13.2 Å². The van der Waals surface area contributed by atoms with Crippen molar-refractivity contribution in [3.05, 3.63) is 70.3 Å². The Morgan fingerprint density at radius 3 is 2.41 bits per heavy atom. The predicted molar refractivity (Wildman–Crippen MR) is 80.0 cm³/mol. The van der Waals surface area contributed by atoms with Crippen LogP contribution in [0.2, 0.25) is 0 Å². The number of halogens is 3. The first-order chi connectivity index (χ1) is 10.3. The van der Waals surface area contributed by atoms with E-state index in [-0.39, 0.29) is 17.8 Å². The minimum atomic E-state index is -4.43. The number of carbonyl (C=O) groups excluding carboxylic acids is 1. The van der Waals surface area contributed by atoms with Crippen molar-refractivity contribution in [3.8, 4) is 0 Å². The number of ketones is 1. The zero-order chi connectivity index (χ0) is 16.3. The van der Waals surface area contributed by atoms with Gasteiger partial charge in [0.25, 0.3) is 0 Å². The van der Waals surface area contributed by atoms with Crippen LogP contribution in [0, 0.1) is 13.8 Å². The predicted octanol–water partition coefficient (Wildman–Crippen LogP) is 5.14. The van der Waals surface area contributed by atoms with Crippen LogP contribution in [-0.2, 0) is 12.6 Å².